The van der Waals surface area contributed by atoms with Crippen LogP contribution >= 0.6 is 0 Å². The molecule has 9 heteroatoms. The van der Waals surface area contributed by atoms with Crippen molar-refractivity contribution in [3.05, 3.63) is 53.7 Å². The van der Waals surface area contributed by atoms with Gasteiger partial charge in [-0.15, -0.1) is 0 Å². The summed E-state index contributed by atoms with van der Waals surface area (Å²) in [6.07, 6.45) is 2.35. The molecule has 1 saturated heterocycles. The van der Waals surface area contributed by atoms with Crippen molar-refractivity contribution in [2.24, 2.45) is 16.6 Å². The summed E-state index contributed by atoms with van der Waals surface area (Å²) in [6, 6.07) is 6.61. The highest BCUT2D eigenvalue weighted by Gasteiger charge is 2.54. The van der Waals surface area contributed by atoms with Crippen molar-refractivity contribution in [2.75, 3.05) is 13.7 Å². The lowest BCUT2D eigenvalue weighted by atomic mass is 9.72. The number of rotatable bonds is 4. The van der Waals surface area contributed by atoms with Crippen LogP contribution < -0.4 is 10.5 Å². The van der Waals surface area contributed by atoms with E-state index in [1.807, 2.05) is 6.92 Å². The summed E-state index contributed by atoms with van der Waals surface area (Å²) in [5, 5.41) is 0. The molecular formula is C21H22F2N4O3. The molecule has 0 bridgehead atoms. The third-order valence-electron chi connectivity index (χ3n) is 5.70. The fourth-order valence-corrected chi connectivity index (χ4v) is 3.98. The van der Waals surface area contributed by atoms with Crippen LogP contribution in [0.2, 0.25) is 0 Å². The maximum Gasteiger partial charge on any atom is 0.255 e. The summed E-state index contributed by atoms with van der Waals surface area (Å²) in [5.74, 6) is -2.22. The number of nitrogens with two attached hydrogens (primary N) is 1. The molecular weight excluding hydrogens is 394 g/mol. The van der Waals surface area contributed by atoms with Crippen LogP contribution in [0.25, 0.3) is 0 Å². The molecule has 3 atom stereocenters. The zero-order valence-corrected chi connectivity index (χ0v) is 16.6. The number of amides is 1. The molecule has 0 saturated carbocycles. The van der Waals surface area contributed by atoms with Crippen molar-refractivity contribution < 1.29 is 23.0 Å². The van der Waals surface area contributed by atoms with E-state index in [4.69, 9.17) is 15.2 Å². The highest BCUT2D eigenvalue weighted by molar-refractivity contribution is 6.00. The fraction of sp³-hybridized carbons (Fsp3) is 0.381. The zero-order chi connectivity index (χ0) is 21.5. The summed E-state index contributed by atoms with van der Waals surface area (Å²) < 4.78 is 40.4. The molecule has 30 heavy (non-hydrogen) atoms. The first-order valence-corrected chi connectivity index (χ1v) is 9.68. The smallest absolute Gasteiger partial charge is 0.255 e. The Kier molecular flexibility index (Phi) is 5.15. The number of hydrogen-bond donors (Lipinski definition) is 1. The van der Waals surface area contributed by atoms with Crippen LogP contribution in [0.15, 0.2) is 41.5 Å². The zero-order valence-electron chi connectivity index (χ0n) is 16.6. The van der Waals surface area contributed by atoms with Crippen LogP contribution in [0, 0.1) is 17.6 Å². The molecule has 3 heterocycles. The molecule has 2 aliphatic rings. The lowest BCUT2D eigenvalue weighted by Crippen LogP contribution is -2.59. The Morgan fingerprint density at radius 1 is 1.33 bits per heavy atom. The summed E-state index contributed by atoms with van der Waals surface area (Å²) in [5.41, 5.74) is 4.77. The average molecular weight is 416 g/mol. The topological polar surface area (TPSA) is 90.0 Å². The van der Waals surface area contributed by atoms with Crippen molar-refractivity contribution in [2.45, 2.75) is 31.4 Å². The Labute approximate surface area is 172 Å². The van der Waals surface area contributed by atoms with E-state index in [9.17, 15) is 9.18 Å². The molecule has 4 rings (SSSR count). The van der Waals surface area contributed by atoms with Crippen molar-refractivity contribution in [1.82, 2.24) is 9.88 Å². The Hall–Kier alpha value is -3.07. The van der Waals surface area contributed by atoms with Gasteiger partial charge in [0.05, 0.1) is 18.6 Å². The molecule has 0 spiro atoms. The molecule has 0 unspecified atom stereocenters. The van der Waals surface area contributed by atoms with Crippen molar-refractivity contribution in [3.8, 4) is 11.6 Å². The molecule has 1 aromatic carbocycles. The summed E-state index contributed by atoms with van der Waals surface area (Å²) in [4.78, 5) is 22.7. The number of aliphatic imine (C=N–C) groups is 1. The monoisotopic (exact) mass is 416 g/mol. The number of guanidine groups is 1. The highest BCUT2D eigenvalue weighted by atomic mass is 19.1. The van der Waals surface area contributed by atoms with Crippen LogP contribution in [-0.4, -0.2) is 41.5 Å². The van der Waals surface area contributed by atoms with Crippen molar-refractivity contribution in [3.63, 3.8) is 0 Å². The third-order valence-corrected chi connectivity index (χ3v) is 5.70. The molecule has 2 aliphatic heterocycles. The SMILES string of the molecule is CC[C@H]1C[C@H]2C(=O)N(C)C(N)=N[C@@]2(c2cc(Oc3ncccc3F)ccc2F)CO1. The van der Waals surface area contributed by atoms with E-state index in [-0.39, 0.29) is 41.8 Å². The lowest BCUT2D eigenvalue weighted by Gasteiger charge is -2.47. The third kappa shape index (κ3) is 3.28. The van der Waals surface area contributed by atoms with Gasteiger partial charge in [-0.05, 0) is 43.2 Å². The van der Waals surface area contributed by atoms with Crippen LogP contribution in [0.4, 0.5) is 8.78 Å². The number of carbonyl (C=O) groups excluding carboxylic acids is 1. The number of benzene rings is 1. The number of hydrogen-bond acceptors (Lipinski definition) is 6. The van der Waals surface area contributed by atoms with Gasteiger partial charge in [0.1, 0.15) is 17.1 Å². The lowest BCUT2D eigenvalue weighted by molar-refractivity contribution is -0.145. The minimum Gasteiger partial charge on any atom is -0.436 e. The van der Waals surface area contributed by atoms with E-state index < -0.39 is 23.1 Å². The van der Waals surface area contributed by atoms with Gasteiger partial charge in [0.15, 0.2) is 11.8 Å². The predicted octanol–water partition coefficient (Wildman–Crippen LogP) is 2.95. The largest absolute Gasteiger partial charge is 0.436 e. The first kappa shape index (κ1) is 20.2. The summed E-state index contributed by atoms with van der Waals surface area (Å²) in [6.45, 7) is 1.96. The van der Waals surface area contributed by atoms with E-state index in [1.54, 1.807) is 7.05 Å². The Bertz CT molecular complexity index is 1020. The first-order valence-electron chi connectivity index (χ1n) is 9.68. The van der Waals surface area contributed by atoms with Crippen LogP contribution in [-0.2, 0) is 15.1 Å². The number of ether oxygens (including phenoxy) is 2. The number of halogens is 2. The van der Waals surface area contributed by atoms with Gasteiger partial charge < -0.3 is 15.2 Å². The molecule has 1 amide bonds. The highest BCUT2D eigenvalue weighted by Crippen LogP contribution is 2.46. The number of carbonyl (C=O) groups is 1. The molecule has 7 nitrogen and oxygen atoms in total. The molecule has 1 aromatic heterocycles. The van der Waals surface area contributed by atoms with E-state index >= 15 is 4.39 Å². The van der Waals surface area contributed by atoms with Crippen LogP contribution in [0.3, 0.4) is 0 Å². The maximum atomic E-state index is 15.0. The van der Waals surface area contributed by atoms with Gasteiger partial charge in [-0.2, -0.15) is 0 Å². The maximum absolute atomic E-state index is 15.0. The second kappa shape index (κ2) is 7.64. The molecule has 2 aromatic rings. The molecule has 158 valence electrons. The van der Waals surface area contributed by atoms with E-state index in [2.05, 4.69) is 9.98 Å². The average Bonchev–Trinajstić information content (AvgIpc) is 2.75. The second-order valence-corrected chi connectivity index (χ2v) is 7.46. The summed E-state index contributed by atoms with van der Waals surface area (Å²) >= 11 is 0. The number of aromatic nitrogens is 1. The van der Waals surface area contributed by atoms with E-state index in [1.165, 1.54) is 41.4 Å². The quantitative estimate of drug-likeness (QED) is 0.828. The van der Waals surface area contributed by atoms with Crippen molar-refractivity contribution >= 4 is 11.9 Å². The van der Waals surface area contributed by atoms with Crippen molar-refractivity contribution in [1.29, 1.82) is 0 Å². The number of fused-ring (bicyclic) bond motifs is 1. The van der Waals surface area contributed by atoms with Gasteiger partial charge in [0, 0.05) is 18.8 Å². The van der Waals surface area contributed by atoms with E-state index in [0.717, 1.165) is 0 Å². The molecule has 1 fully saturated rings. The number of nitrogens with zero attached hydrogens (tertiary/aromatic N) is 3. The van der Waals surface area contributed by atoms with Gasteiger partial charge in [-0.1, -0.05) is 6.92 Å². The molecule has 0 aliphatic carbocycles. The van der Waals surface area contributed by atoms with Gasteiger partial charge in [0.2, 0.25) is 5.91 Å². The standard InChI is InChI=1S/C21H22F2N4O3/c1-3-12-9-15-19(28)27(2)20(24)26-21(15,11-29-12)14-10-13(6-7-16(14)22)30-18-17(23)5-4-8-25-18/h4-8,10,12,15H,3,9,11H2,1-2H3,(H2,24,26)/t12-,15-,21+/m0/s1. The van der Waals surface area contributed by atoms with Crippen LogP contribution in [0.5, 0.6) is 11.6 Å². The molecule has 2 N–H and O–H groups in total. The normalized spacial score (nSPS) is 26.2. The molecule has 0 radical (unpaired) electrons. The number of pyridine rings is 1. The van der Waals surface area contributed by atoms with Crippen LogP contribution in [0.1, 0.15) is 25.3 Å². The van der Waals surface area contributed by atoms with Gasteiger partial charge in [-0.25, -0.2) is 18.8 Å². The minimum atomic E-state index is -1.33. The van der Waals surface area contributed by atoms with Gasteiger partial charge >= 0.3 is 0 Å². The Morgan fingerprint density at radius 2 is 2.13 bits per heavy atom. The van der Waals surface area contributed by atoms with Gasteiger partial charge in [-0.3, -0.25) is 9.69 Å². The minimum absolute atomic E-state index is 0.00518. The predicted molar refractivity (Wildman–Crippen MR) is 105 cm³/mol. The Balaban J connectivity index is 1.80. The fourth-order valence-electron chi connectivity index (χ4n) is 3.98. The van der Waals surface area contributed by atoms with E-state index in [0.29, 0.717) is 12.8 Å². The second-order valence-electron chi connectivity index (χ2n) is 7.46. The first-order chi connectivity index (χ1) is 14.4. The Morgan fingerprint density at radius 3 is 2.87 bits per heavy atom. The van der Waals surface area contributed by atoms with Gasteiger partial charge in [0.25, 0.3) is 5.88 Å². The summed E-state index contributed by atoms with van der Waals surface area (Å²) in [7, 11) is 1.54.